The number of anilines is 1. The first-order valence-electron chi connectivity index (χ1n) is 11.5. The molecule has 2 atom stereocenters. The highest BCUT2D eigenvalue weighted by atomic mass is 16.7. The van der Waals surface area contributed by atoms with Gasteiger partial charge in [0, 0.05) is 6.54 Å². The maximum atomic E-state index is 13.6. The average Bonchev–Trinajstić information content (AvgIpc) is 3.53. The monoisotopic (exact) mass is 503 g/mol. The number of rotatable bonds is 4. The highest BCUT2D eigenvalue weighted by Gasteiger charge is 2.42. The fraction of sp³-hybridized carbons (Fsp3) is 0.250. The van der Waals surface area contributed by atoms with Gasteiger partial charge in [-0.1, -0.05) is 17.3 Å². The number of hydrogen-bond donors (Lipinski definition) is 3. The standard InChI is InChI=1S/C24H21N7O6/c25-21(32)19-20(22(26)33)31(29-28-19)13-5-6-30-16(9-13)23(34)27-15-3-1-11(7-14(15)24(30)35)12-2-4-17-18(8-12)37-10-36-17/h1-4,7-8,13,16H,5-6,9-10H2,(H2,25,32)(H2,26,33)(H,27,34). The molecule has 4 amide bonds. The summed E-state index contributed by atoms with van der Waals surface area (Å²) in [4.78, 5) is 52.0. The van der Waals surface area contributed by atoms with Crippen molar-refractivity contribution in [1.29, 1.82) is 0 Å². The van der Waals surface area contributed by atoms with Crippen molar-refractivity contribution in [2.45, 2.75) is 24.9 Å². The number of benzene rings is 2. The van der Waals surface area contributed by atoms with Crippen molar-refractivity contribution < 1.29 is 28.7 Å². The van der Waals surface area contributed by atoms with E-state index in [9.17, 15) is 19.2 Å². The van der Waals surface area contributed by atoms with E-state index in [-0.39, 0.29) is 43.0 Å². The third-order valence-electron chi connectivity index (χ3n) is 6.86. The van der Waals surface area contributed by atoms with E-state index in [2.05, 4.69) is 15.6 Å². The minimum absolute atomic E-state index is 0.141. The Bertz CT molecular complexity index is 1500. The van der Waals surface area contributed by atoms with Crippen molar-refractivity contribution >= 4 is 29.3 Å². The number of nitrogens with one attached hydrogen (secondary N) is 1. The van der Waals surface area contributed by atoms with E-state index >= 15 is 0 Å². The van der Waals surface area contributed by atoms with Crippen LogP contribution in [0.1, 0.15) is 50.2 Å². The van der Waals surface area contributed by atoms with Crippen LogP contribution >= 0.6 is 0 Å². The maximum absolute atomic E-state index is 13.6. The second kappa shape index (κ2) is 8.33. The highest BCUT2D eigenvalue weighted by Crippen LogP contribution is 2.38. The van der Waals surface area contributed by atoms with Gasteiger partial charge in [-0.25, -0.2) is 4.68 Å². The molecule has 2 unspecified atom stereocenters. The van der Waals surface area contributed by atoms with Gasteiger partial charge in [0.05, 0.1) is 17.3 Å². The predicted octanol–water partition coefficient (Wildman–Crippen LogP) is 0.670. The number of hydrogen-bond acceptors (Lipinski definition) is 8. The number of carbonyl (C=O) groups is 4. The summed E-state index contributed by atoms with van der Waals surface area (Å²) in [5.41, 5.74) is 12.6. The zero-order valence-corrected chi connectivity index (χ0v) is 19.3. The molecule has 3 aliphatic heterocycles. The molecule has 6 rings (SSSR count). The average molecular weight is 503 g/mol. The van der Waals surface area contributed by atoms with Crippen molar-refractivity contribution in [3.05, 3.63) is 53.3 Å². The molecule has 1 saturated heterocycles. The molecular weight excluding hydrogens is 482 g/mol. The largest absolute Gasteiger partial charge is 0.454 e. The van der Waals surface area contributed by atoms with Crippen LogP contribution in [0.25, 0.3) is 11.1 Å². The number of piperidine rings is 1. The molecule has 13 nitrogen and oxygen atoms in total. The molecule has 1 fully saturated rings. The van der Waals surface area contributed by atoms with Gasteiger partial charge in [-0.2, -0.15) is 0 Å². The number of fused-ring (bicyclic) bond motifs is 3. The molecule has 1 aromatic heterocycles. The lowest BCUT2D eigenvalue weighted by Gasteiger charge is -2.37. The number of ether oxygens (including phenoxy) is 2. The van der Waals surface area contributed by atoms with E-state index in [1.54, 1.807) is 12.1 Å². The van der Waals surface area contributed by atoms with E-state index in [1.165, 1.54) is 9.58 Å². The first-order chi connectivity index (χ1) is 17.8. The fourth-order valence-corrected chi connectivity index (χ4v) is 5.06. The van der Waals surface area contributed by atoms with Crippen molar-refractivity contribution in [1.82, 2.24) is 19.9 Å². The molecule has 0 bridgehead atoms. The molecule has 37 heavy (non-hydrogen) atoms. The predicted molar refractivity (Wildman–Crippen MR) is 127 cm³/mol. The molecule has 0 spiro atoms. The van der Waals surface area contributed by atoms with Crippen LogP contribution in [0.2, 0.25) is 0 Å². The molecule has 2 aromatic carbocycles. The van der Waals surface area contributed by atoms with Gasteiger partial charge >= 0.3 is 0 Å². The smallest absolute Gasteiger partial charge is 0.271 e. The Kier molecular flexibility index (Phi) is 5.07. The Morgan fingerprint density at radius 2 is 1.76 bits per heavy atom. The quantitative estimate of drug-likeness (QED) is 0.464. The van der Waals surface area contributed by atoms with Crippen LogP contribution in [0, 0.1) is 0 Å². The molecular formula is C24H21N7O6. The van der Waals surface area contributed by atoms with E-state index in [4.69, 9.17) is 20.9 Å². The number of primary amides is 2. The van der Waals surface area contributed by atoms with Crippen LogP contribution in [0.4, 0.5) is 5.69 Å². The third-order valence-corrected chi connectivity index (χ3v) is 6.86. The number of amides is 4. The lowest BCUT2D eigenvalue weighted by atomic mass is 9.95. The number of aromatic nitrogens is 3. The Balaban J connectivity index is 1.31. The molecule has 0 saturated carbocycles. The van der Waals surface area contributed by atoms with Gasteiger partial charge in [-0.15, -0.1) is 5.10 Å². The van der Waals surface area contributed by atoms with Gasteiger partial charge in [0.1, 0.15) is 6.04 Å². The molecule has 0 aliphatic carbocycles. The molecule has 3 aliphatic rings. The second-order valence-electron chi connectivity index (χ2n) is 8.97. The lowest BCUT2D eigenvalue weighted by Crippen LogP contribution is -2.50. The fourth-order valence-electron chi connectivity index (χ4n) is 5.06. The zero-order valence-electron chi connectivity index (χ0n) is 19.3. The first kappa shape index (κ1) is 22.5. The topological polar surface area (TPSA) is 185 Å². The Morgan fingerprint density at radius 3 is 2.54 bits per heavy atom. The van der Waals surface area contributed by atoms with Gasteiger partial charge in [0.2, 0.25) is 12.7 Å². The molecule has 3 aromatic rings. The van der Waals surface area contributed by atoms with Crippen molar-refractivity contribution in [3.8, 4) is 22.6 Å². The summed E-state index contributed by atoms with van der Waals surface area (Å²) in [6, 6.07) is 9.43. The van der Waals surface area contributed by atoms with Crippen LogP contribution in [-0.2, 0) is 4.79 Å². The van der Waals surface area contributed by atoms with E-state index in [0.717, 1.165) is 11.1 Å². The van der Waals surface area contributed by atoms with E-state index < -0.39 is 23.9 Å². The van der Waals surface area contributed by atoms with Gasteiger partial charge in [-0.05, 0) is 48.2 Å². The lowest BCUT2D eigenvalue weighted by molar-refractivity contribution is -0.121. The summed E-state index contributed by atoms with van der Waals surface area (Å²) >= 11 is 0. The number of nitrogens with two attached hydrogens (primary N) is 2. The summed E-state index contributed by atoms with van der Waals surface area (Å²) < 4.78 is 12.1. The highest BCUT2D eigenvalue weighted by molar-refractivity contribution is 6.10. The zero-order chi connectivity index (χ0) is 25.8. The van der Waals surface area contributed by atoms with E-state index in [0.29, 0.717) is 29.2 Å². The van der Waals surface area contributed by atoms with Crippen molar-refractivity contribution in [2.75, 3.05) is 18.7 Å². The Hall–Kier alpha value is -4.94. The summed E-state index contributed by atoms with van der Waals surface area (Å²) in [7, 11) is 0. The summed E-state index contributed by atoms with van der Waals surface area (Å²) in [5, 5.41) is 10.5. The molecule has 4 heterocycles. The van der Waals surface area contributed by atoms with Gasteiger partial charge < -0.3 is 31.2 Å². The molecule has 0 radical (unpaired) electrons. The van der Waals surface area contributed by atoms with Crippen LogP contribution in [-0.4, -0.2) is 62.9 Å². The van der Waals surface area contributed by atoms with Crippen LogP contribution in [0.5, 0.6) is 11.5 Å². The number of carbonyl (C=O) groups excluding carboxylic acids is 4. The molecule has 5 N–H and O–H groups in total. The third kappa shape index (κ3) is 3.63. The minimum Gasteiger partial charge on any atom is -0.454 e. The summed E-state index contributed by atoms with van der Waals surface area (Å²) in [6.07, 6.45) is 0.497. The maximum Gasteiger partial charge on any atom is 0.271 e. The molecule has 13 heteroatoms. The second-order valence-corrected chi connectivity index (χ2v) is 8.97. The van der Waals surface area contributed by atoms with Crippen LogP contribution < -0.4 is 26.3 Å². The SMILES string of the molecule is NC(=O)c1nnn(C2CCN3C(=O)c4cc(-c5ccc6c(c5)OCO6)ccc4NC(=O)C3C2)c1C(N)=O. The van der Waals surface area contributed by atoms with Gasteiger partial charge in [0.15, 0.2) is 22.9 Å². The first-order valence-corrected chi connectivity index (χ1v) is 11.5. The normalized spacial score (nSPS) is 20.1. The van der Waals surface area contributed by atoms with Crippen molar-refractivity contribution in [2.24, 2.45) is 11.5 Å². The van der Waals surface area contributed by atoms with Crippen molar-refractivity contribution in [3.63, 3.8) is 0 Å². The van der Waals surface area contributed by atoms with Gasteiger partial charge in [-0.3, -0.25) is 19.2 Å². The minimum atomic E-state index is -0.936. The Morgan fingerprint density at radius 1 is 1.00 bits per heavy atom. The van der Waals surface area contributed by atoms with Gasteiger partial charge in [0.25, 0.3) is 17.7 Å². The summed E-state index contributed by atoms with van der Waals surface area (Å²) in [5.74, 6) is -1.24. The number of nitrogens with zero attached hydrogens (tertiary/aromatic N) is 4. The van der Waals surface area contributed by atoms with Crippen LogP contribution in [0.3, 0.4) is 0 Å². The Labute approximate surface area is 209 Å². The van der Waals surface area contributed by atoms with Crippen LogP contribution in [0.15, 0.2) is 36.4 Å². The summed E-state index contributed by atoms with van der Waals surface area (Å²) in [6.45, 7) is 0.365. The van der Waals surface area contributed by atoms with E-state index in [1.807, 2.05) is 24.3 Å². The molecule has 188 valence electrons.